The first kappa shape index (κ1) is 16.4. The van der Waals surface area contributed by atoms with Gasteiger partial charge in [0.25, 0.3) is 0 Å². The minimum absolute atomic E-state index is 0.0153. The first-order valence-corrected chi connectivity index (χ1v) is 8.88. The van der Waals surface area contributed by atoms with Crippen molar-refractivity contribution in [3.63, 3.8) is 0 Å². The summed E-state index contributed by atoms with van der Waals surface area (Å²) >= 11 is 1.48. The van der Waals surface area contributed by atoms with Gasteiger partial charge < -0.3 is 9.80 Å². The van der Waals surface area contributed by atoms with E-state index >= 15 is 0 Å². The second-order valence-electron chi connectivity index (χ2n) is 5.50. The number of thiazole rings is 1. The topological polar surface area (TPSA) is 53.5 Å². The van der Waals surface area contributed by atoms with Gasteiger partial charge in [0, 0.05) is 30.2 Å². The summed E-state index contributed by atoms with van der Waals surface area (Å²) < 4.78 is 0. The molecule has 2 amide bonds. The van der Waals surface area contributed by atoms with Crippen molar-refractivity contribution in [3.8, 4) is 0 Å². The third-order valence-corrected chi connectivity index (χ3v) is 4.70. The third kappa shape index (κ3) is 3.38. The number of carbonyl (C=O) groups excluding carboxylic acids is 2. The third-order valence-electron chi connectivity index (χ3n) is 4.09. The van der Waals surface area contributed by atoms with Gasteiger partial charge in [-0.1, -0.05) is 18.2 Å². The summed E-state index contributed by atoms with van der Waals surface area (Å²) in [6, 6.07) is 9.18. The zero-order chi connectivity index (χ0) is 16.9. The zero-order valence-corrected chi connectivity index (χ0v) is 14.3. The number of para-hydroxylation sites is 1. The van der Waals surface area contributed by atoms with E-state index in [0.717, 1.165) is 11.4 Å². The quantitative estimate of drug-likeness (QED) is 0.786. The van der Waals surface area contributed by atoms with Crippen LogP contribution in [0.4, 0.5) is 5.69 Å². The lowest BCUT2D eigenvalue weighted by Gasteiger charge is -2.25. The van der Waals surface area contributed by atoms with Gasteiger partial charge in [0.05, 0.1) is 11.2 Å². The average molecular weight is 341 g/mol. The summed E-state index contributed by atoms with van der Waals surface area (Å²) in [5.41, 5.74) is 3.36. The number of amides is 2. The van der Waals surface area contributed by atoms with Gasteiger partial charge in [-0.25, -0.2) is 4.98 Å². The molecule has 1 aromatic heterocycles. The molecule has 24 heavy (non-hydrogen) atoms. The van der Waals surface area contributed by atoms with Crippen molar-refractivity contribution in [1.29, 1.82) is 0 Å². The summed E-state index contributed by atoms with van der Waals surface area (Å²) in [6.45, 7) is 3.03. The summed E-state index contributed by atoms with van der Waals surface area (Å²) in [7, 11) is 0. The lowest BCUT2D eigenvalue weighted by molar-refractivity contribution is -0.134. The molecule has 0 saturated carbocycles. The molecule has 6 heteroatoms. The van der Waals surface area contributed by atoms with Crippen LogP contribution in [0, 0.1) is 0 Å². The van der Waals surface area contributed by atoms with Crippen LogP contribution in [-0.2, 0) is 9.59 Å². The van der Waals surface area contributed by atoms with Crippen molar-refractivity contribution >= 4 is 34.9 Å². The molecule has 1 aliphatic rings. The van der Waals surface area contributed by atoms with Crippen molar-refractivity contribution in [2.45, 2.75) is 19.4 Å². The molecule has 1 aromatic carbocycles. The van der Waals surface area contributed by atoms with E-state index in [1.54, 1.807) is 21.4 Å². The van der Waals surface area contributed by atoms with E-state index in [0.29, 0.717) is 19.5 Å². The molecule has 1 fully saturated rings. The van der Waals surface area contributed by atoms with Crippen molar-refractivity contribution in [2.75, 3.05) is 18.0 Å². The molecule has 1 aliphatic heterocycles. The average Bonchev–Trinajstić information content (AvgIpc) is 3.25. The van der Waals surface area contributed by atoms with Gasteiger partial charge in [-0.05, 0) is 31.6 Å². The number of aromatic nitrogens is 1. The minimum Gasteiger partial charge on any atom is -0.327 e. The first-order valence-electron chi connectivity index (χ1n) is 7.94. The van der Waals surface area contributed by atoms with Gasteiger partial charge in [0.2, 0.25) is 11.8 Å². The van der Waals surface area contributed by atoms with Crippen molar-refractivity contribution in [1.82, 2.24) is 9.88 Å². The highest BCUT2D eigenvalue weighted by Gasteiger charge is 2.37. The van der Waals surface area contributed by atoms with Gasteiger partial charge >= 0.3 is 0 Å². The van der Waals surface area contributed by atoms with Crippen LogP contribution >= 0.6 is 11.3 Å². The Balaban J connectivity index is 1.72. The predicted molar refractivity (Wildman–Crippen MR) is 95.7 cm³/mol. The summed E-state index contributed by atoms with van der Waals surface area (Å²) in [5, 5.41) is 1.87. The second-order valence-corrected chi connectivity index (χ2v) is 6.22. The summed E-state index contributed by atoms with van der Waals surface area (Å²) in [4.78, 5) is 32.7. The fourth-order valence-electron chi connectivity index (χ4n) is 2.90. The van der Waals surface area contributed by atoms with E-state index in [1.807, 2.05) is 42.6 Å². The van der Waals surface area contributed by atoms with Crippen LogP contribution in [0.5, 0.6) is 0 Å². The molecule has 1 saturated heterocycles. The first-order chi connectivity index (χ1) is 11.7. The Labute approximate surface area is 145 Å². The van der Waals surface area contributed by atoms with Gasteiger partial charge in [-0.2, -0.15) is 0 Å². The largest absolute Gasteiger partial charge is 0.327 e. The Morgan fingerprint density at radius 3 is 2.88 bits per heavy atom. The Hall–Kier alpha value is -2.47. The number of hydrogen-bond donors (Lipinski definition) is 0. The molecule has 124 valence electrons. The maximum Gasteiger partial charge on any atom is 0.249 e. The van der Waals surface area contributed by atoms with E-state index in [1.165, 1.54) is 17.4 Å². The number of carbonyl (C=O) groups is 2. The number of likely N-dealkylation sites (N-methyl/N-ethyl adjacent to an activating group) is 1. The molecule has 0 aliphatic carbocycles. The number of benzene rings is 1. The highest BCUT2D eigenvalue weighted by atomic mass is 32.1. The molecule has 0 radical (unpaired) electrons. The van der Waals surface area contributed by atoms with E-state index in [9.17, 15) is 9.59 Å². The normalized spacial score (nSPS) is 17.6. The van der Waals surface area contributed by atoms with Crippen LogP contribution in [0.15, 0.2) is 47.3 Å². The number of anilines is 1. The lowest BCUT2D eigenvalue weighted by atomic mass is 10.2. The van der Waals surface area contributed by atoms with Crippen LogP contribution in [0.2, 0.25) is 0 Å². The SMILES string of the molecule is CCN(C(=O)/C=C\c1cscn1)[C@H]1CCN(c2ccccc2)C1=O. The molecule has 0 bridgehead atoms. The Bertz CT molecular complexity index is 728. The van der Waals surface area contributed by atoms with Crippen molar-refractivity contribution < 1.29 is 9.59 Å². The molecule has 0 N–H and O–H groups in total. The zero-order valence-electron chi connectivity index (χ0n) is 13.5. The van der Waals surface area contributed by atoms with E-state index < -0.39 is 6.04 Å². The minimum atomic E-state index is -0.400. The van der Waals surface area contributed by atoms with E-state index in [2.05, 4.69) is 4.98 Å². The van der Waals surface area contributed by atoms with Crippen LogP contribution in [-0.4, -0.2) is 40.8 Å². The number of nitrogens with zero attached hydrogens (tertiary/aromatic N) is 3. The standard InChI is InChI=1S/C18H19N3O2S/c1-2-20(17(22)9-8-14-12-24-13-19-14)16-10-11-21(18(16)23)15-6-4-3-5-7-15/h3-9,12-13,16H,2,10-11H2,1H3/b9-8-/t16-/m0/s1. The molecule has 3 rings (SSSR count). The summed E-state index contributed by atoms with van der Waals surface area (Å²) in [5.74, 6) is -0.169. The van der Waals surface area contributed by atoms with Gasteiger partial charge in [0.15, 0.2) is 0 Å². The van der Waals surface area contributed by atoms with Crippen LogP contribution in [0.25, 0.3) is 6.08 Å². The highest BCUT2D eigenvalue weighted by Crippen LogP contribution is 2.24. The Morgan fingerprint density at radius 2 is 2.21 bits per heavy atom. The molecule has 0 unspecified atom stereocenters. The number of rotatable bonds is 5. The molecular weight excluding hydrogens is 322 g/mol. The van der Waals surface area contributed by atoms with E-state index in [-0.39, 0.29) is 11.8 Å². The smallest absolute Gasteiger partial charge is 0.249 e. The maximum absolute atomic E-state index is 12.7. The van der Waals surface area contributed by atoms with E-state index in [4.69, 9.17) is 0 Å². The molecular formula is C18H19N3O2S. The van der Waals surface area contributed by atoms with Gasteiger partial charge in [-0.15, -0.1) is 11.3 Å². The molecule has 0 spiro atoms. The monoisotopic (exact) mass is 341 g/mol. The highest BCUT2D eigenvalue weighted by molar-refractivity contribution is 7.07. The fourth-order valence-corrected chi connectivity index (χ4v) is 3.43. The maximum atomic E-state index is 12.7. The number of hydrogen-bond acceptors (Lipinski definition) is 4. The Morgan fingerprint density at radius 1 is 1.42 bits per heavy atom. The molecule has 1 atom stereocenters. The van der Waals surface area contributed by atoms with Crippen LogP contribution < -0.4 is 4.90 Å². The van der Waals surface area contributed by atoms with Crippen molar-refractivity contribution in [2.24, 2.45) is 0 Å². The van der Waals surface area contributed by atoms with Gasteiger partial charge in [0.1, 0.15) is 6.04 Å². The van der Waals surface area contributed by atoms with Crippen LogP contribution in [0.1, 0.15) is 19.0 Å². The molecule has 2 heterocycles. The molecule has 2 aromatic rings. The summed E-state index contributed by atoms with van der Waals surface area (Å²) in [6.07, 6.45) is 3.84. The van der Waals surface area contributed by atoms with Crippen LogP contribution in [0.3, 0.4) is 0 Å². The van der Waals surface area contributed by atoms with Gasteiger partial charge in [-0.3, -0.25) is 9.59 Å². The lowest BCUT2D eigenvalue weighted by Crippen LogP contribution is -2.44. The fraction of sp³-hybridized carbons (Fsp3) is 0.278. The van der Waals surface area contributed by atoms with Crippen molar-refractivity contribution in [3.05, 3.63) is 53.0 Å². The molecule has 5 nitrogen and oxygen atoms in total. The second kappa shape index (κ2) is 7.40. The Kier molecular flexibility index (Phi) is 5.05. The predicted octanol–water partition coefficient (Wildman–Crippen LogP) is 2.81.